The molecule has 0 rings (SSSR count). The van der Waals surface area contributed by atoms with Crippen molar-refractivity contribution >= 4 is 18.0 Å². The molecule has 24 heavy (non-hydrogen) atoms. The molecular formula is C17H31NO6. The molecule has 0 saturated heterocycles. The van der Waals surface area contributed by atoms with Gasteiger partial charge in [0.25, 0.3) is 0 Å². The summed E-state index contributed by atoms with van der Waals surface area (Å²) in [5, 5.41) is 11.7. The molecule has 0 aliphatic rings. The number of esters is 1. The summed E-state index contributed by atoms with van der Waals surface area (Å²) < 4.78 is 9.77. The molecule has 140 valence electrons. The van der Waals surface area contributed by atoms with Crippen molar-refractivity contribution in [3.8, 4) is 0 Å². The molecule has 0 aromatic carbocycles. The summed E-state index contributed by atoms with van der Waals surface area (Å²) in [4.78, 5) is 33.9. The average molecular weight is 345 g/mol. The van der Waals surface area contributed by atoms with Crippen LogP contribution in [0.2, 0.25) is 0 Å². The zero-order chi connectivity index (χ0) is 18.7. The van der Waals surface area contributed by atoms with Crippen LogP contribution in [0.15, 0.2) is 0 Å². The number of amides is 1. The van der Waals surface area contributed by atoms with E-state index < -0.39 is 24.3 Å². The van der Waals surface area contributed by atoms with Crippen molar-refractivity contribution in [2.75, 3.05) is 6.54 Å². The number of carbonyl (C=O) groups excluding carboxylic acids is 2. The number of carboxylic acid groups (broad SMARTS) is 1. The van der Waals surface area contributed by atoms with Crippen LogP contribution in [0.25, 0.3) is 0 Å². The summed E-state index contributed by atoms with van der Waals surface area (Å²) >= 11 is 0. The number of hydrogen-bond acceptors (Lipinski definition) is 5. The summed E-state index contributed by atoms with van der Waals surface area (Å²) in [6.07, 6.45) is 0.509. The number of aliphatic carboxylic acids is 1. The van der Waals surface area contributed by atoms with Crippen molar-refractivity contribution in [3.63, 3.8) is 0 Å². The molecule has 0 aromatic heterocycles. The molecule has 4 atom stereocenters. The highest BCUT2D eigenvalue weighted by atomic mass is 16.7. The maximum Gasteiger partial charge on any atom is 0.410 e. The number of nitrogens with one attached hydrogen (secondary N) is 1. The van der Waals surface area contributed by atoms with Crippen LogP contribution in [0, 0.1) is 17.8 Å². The molecular weight excluding hydrogens is 314 g/mol. The maximum atomic E-state index is 11.8. The molecule has 0 unspecified atom stereocenters. The Morgan fingerprint density at radius 2 is 1.71 bits per heavy atom. The van der Waals surface area contributed by atoms with Crippen LogP contribution in [0.3, 0.4) is 0 Å². The highest BCUT2D eigenvalue weighted by Gasteiger charge is 2.25. The Bertz CT molecular complexity index is 412. The van der Waals surface area contributed by atoms with E-state index in [1.165, 1.54) is 6.92 Å². The van der Waals surface area contributed by atoms with Gasteiger partial charge in [-0.05, 0) is 17.8 Å². The number of carbonyl (C=O) groups is 3. The fourth-order valence-electron chi connectivity index (χ4n) is 2.55. The normalized spacial score (nSPS) is 15.7. The van der Waals surface area contributed by atoms with E-state index >= 15 is 0 Å². The van der Waals surface area contributed by atoms with Gasteiger partial charge in [0.05, 0.1) is 6.42 Å². The number of carboxylic acids is 1. The smallest absolute Gasteiger partial charge is 0.410 e. The van der Waals surface area contributed by atoms with Crippen LogP contribution in [-0.2, 0) is 19.1 Å². The third kappa shape index (κ3) is 9.37. The van der Waals surface area contributed by atoms with Crippen LogP contribution in [0.1, 0.15) is 60.3 Å². The fraction of sp³-hybridized carbons (Fsp3) is 0.824. The molecule has 0 saturated carbocycles. The molecule has 0 radical (unpaired) electrons. The minimum atomic E-state index is -0.980. The predicted molar refractivity (Wildman–Crippen MR) is 89.3 cm³/mol. The molecule has 0 aromatic rings. The van der Waals surface area contributed by atoms with Gasteiger partial charge in [-0.1, -0.05) is 40.5 Å². The first-order chi connectivity index (χ1) is 11.2. The lowest BCUT2D eigenvalue weighted by Gasteiger charge is -2.28. The lowest BCUT2D eigenvalue weighted by molar-refractivity contribution is -0.164. The molecule has 2 N–H and O–H groups in total. The Morgan fingerprint density at radius 1 is 1.08 bits per heavy atom. The van der Waals surface area contributed by atoms with Crippen molar-refractivity contribution < 1.29 is 29.0 Å². The summed E-state index contributed by atoms with van der Waals surface area (Å²) in [6.45, 7) is 9.48. The first-order valence-corrected chi connectivity index (χ1v) is 8.56. The van der Waals surface area contributed by atoms with Gasteiger partial charge in [-0.15, -0.1) is 0 Å². The number of alkyl carbamates (subject to hydrolysis) is 1. The molecule has 1 amide bonds. The summed E-state index contributed by atoms with van der Waals surface area (Å²) in [6, 6.07) is 0. The second-order valence-corrected chi connectivity index (χ2v) is 6.18. The average Bonchev–Trinajstić information content (AvgIpc) is 2.50. The van der Waals surface area contributed by atoms with Gasteiger partial charge in [-0.25, -0.2) is 4.79 Å². The minimum absolute atomic E-state index is 0.0180. The molecule has 0 aliphatic carbocycles. The summed E-state index contributed by atoms with van der Waals surface area (Å²) in [5.41, 5.74) is 0. The molecule has 0 spiro atoms. The second-order valence-electron chi connectivity index (χ2n) is 6.18. The quantitative estimate of drug-likeness (QED) is 0.440. The van der Waals surface area contributed by atoms with Crippen LogP contribution >= 0.6 is 0 Å². The van der Waals surface area contributed by atoms with E-state index in [2.05, 4.69) is 19.2 Å². The second kappa shape index (κ2) is 11.7. The summed E-state index contributed by atoms with van der Waals surface area (Å²) in [7, 11) is 0. The van der Waals surface area contributed by atoms with Crippen LogP contribution in [0.4, 0.5) is 4.79 Å². The highest BCUT2D eigenvalue weighted by molar-refractivity contribution is 5.70. The zero-order valence-corrected chi connectivity index (χ0v) is 15.3. The SMILES string of the molecule is CCC[C@@H](C)[C@@H](C)[C@H](CNC(=O)O[C@@H](C)OC(=O)CC)CC(=O)O. The van der Waals surface area contributed by atoms with Gasteiger partial charge in [-0.2, -0.15) is 0 Å². The number of ether oxygens (including phenoxy) is 2. The van der Waals surface area contributed by atoms with Crippen molar-refractivity contribution in [3.05, 3.63) is 0 Å². The first kappa shape index (κ1) is 22.2. The van der Waals surface area contributed by atoms with Gasteiger partial charge in [0.1, 0.15) is 0 Å². The van der Waals surface area contributed by atoms with Crippen LogP contribution < -0.4 is 5.32 Å². The topological polar surface area (TPSA) is 102 Å². The summed E-state index contributed by atoms with van der Waals surface area (Å²) in [5.74, 6) is -1.03. The van der Waals surface area contributed by atoms with E-state index in [0.717, 1.165) is 12.8 Å². The lowest BCUT2D eigenvalue weighted by Crippen LogP contribution is -2.37. The number of hydrogen-bond donors (Lipinski definition) is 2. The monoisotopic (exact) mass is 345 g/mol. The lowest BCUT2D eigenvalue weighted by atomic mass is 9.80. The molecule has 0 fully saturated rings. The van der Waals surface area contributed by atoms with Gasteiger partial charge in [-0.3, -0.25) is 9.59 Å². The standard InChI is InChI=1S/C17H31NO6/c1-6-8-11(3)12(4)14(9-15(19)20)10-18-17(22)24-13(5)23-16(21)7-2/h11-14H,6-10H2,1-5H3,(H,18,22)(H,19,20)/t11-,12-,13+,14+/m1/s1. The molecule has 7 heteroatoms. The van der Waals surface area contributed by atoms with Gasteiger partial charge < -0.3 is 19.9 Å². The zero-order valence-electron chi connectivity index (χ0n) is 15.3. The van der Waals surface area contributed by atoms with E-state index in [-0.39, 0.29) is 31.2 Å². The molecule has 0 bridgehead atoms. The van der Waals surface area contributed by atoms with E-state index in [1.807, 2.05) is 6.92 Å². The van der Waals surface area contributed by atoms with E-state index in [0.29, 0.717) is 5.92 Å². The minimum Gasteiger partial charge on any atom is -0.481 e. The van der Waals surface area contributed by atoms with Crippen molar-refractivity contribution in [1.82, 2.24) is 5.32 Å². The maximum absolute atomic E-state index is 11.8. The van der Waals surface area contributed by atoms with Crippen LogP contribution in [0.5, 0.6) is 0 Å². The van der Waals surface area contributed by atoms with Crippen molar-refractivity contribution in [2.24, 2.45) is 17.8 Å². The van der Waals surface area contributed by atoms with Crippen molar-refractivity contribution in [1.29, 1.82) is 0 Å². The fourth-order valence-corrected chi connectivity index (χ4v) is 2.55. The van der Waals surface area contributed by atoms with E-state index in [4.69, 9.17) is 14.6 Å². The Kier molecular flexibility index (Phi) is 10.8. The van der Waals surface area contributed by atoms with E-state index in [1.54, 1.807) is 6.92 Å². The van der Waals surface area contributed by atoms with E-state index in [9.17, 15) is 14.4 Å². The van der Waals surface area contributed by atoms with Gasteiger partial charge in [0, 0.05) is 19.9 Å². The van der Waals surface area contributed by atoms with Crippen molar-refractivity contribution in [2.45, 2.75) is 66.6 Å². The number of rotatable bonds is 11. The van der Waals surface area contributed by atoms with Gasteiger partial charge in [0.15, 0.2) is 0 Å². The van der Waals surface area contributed by atoms with Gasteiger partial charge >= 0.3 is 18.0 Å². The largest absolute Gasteiger partial charge is 0.481 e. The third-order valence-electron chi connectivity index (χ3n) is 4.19. The Balaban J connectivity index is 4.51. The Morgan fingerprint density at radius 3 is 2.21 bits per heavy atom. The predicted octanol–water partition coefficient (Wildman–Crippen LogP) is 3.18. The Labute approximate surface area is 144 Å². The van der Waals surface area contributed by atoms with Gasteiger partial charge in [0.2, 0.25) is 6.29 Å². The molecule has 0 heterocycles. The third-order valence-corrected chi connectivity index (χ3v) is 4.19. The van der Waals surface area contributed by atoms with Crippen LogP contribution in [-0.4, -0.2) is 36.0 Å². The highest BCUT2D eigenvalue weighted by Crippen LogP contribution is 2.26. The molecule has 0 aliphatic heterocycles. The first-order valence-electron chi connectivity index (χ1n) is 8.56. The Hall–Kier alpha value is -1.79. The molecule has 7 nitrogen and oxygen atoms in total.